The molecule has 1 aromatic heterocycles. The number of aromatic amines is 1. The number of H-pyrrole nitrogens is 1. The lowest BCUT2D eigenvalue weighted by Gasteiger charge is -2.07. The molecule has 1 heterocycles. The second kappa shape index (κ2) is 4.89. The van der Waals surface area contributed by atoms with Crippen LogP contribution < -0.4 is 11.4 Å². The van der Waals surface area contributed by atoms with E-state index < -0.39 is 15.7 Å². The molecule has 0 saturated heterocycles. The standard InChI is InChI=1S/C14H12ClN3O3S/c1-8-6-13-12(7-11(8)16)17-14(19)18(13)22(20,21)10-4-2-9(15)3-5-10/h2-7H,16H2,1H3,(H,17,19). The molecular formula is C14H12ClN3O3S. The van der Waals surface area contributed by atoms with Gasteiger partial charge in [0.2, 0.25) is 0 Å². The first-order valence-electron chi connectivity index (χ1n) is 6.33. The molecule has 0 radical (unpaired) electrons. The van der Waals surface area contributed by atoms with E-state index in [9.17, 15) is 13.2 Å². The summed E-state index contributed by atoms with van der Waals surface area (Å²) in [5.74, 6) is 0. The van der Waals surface area contributed by atoms with Crippen LogP contribution in [0.4, 0.5) is 5.69 Å². The molecule has 0 atom stereocenters. The van der Waals surface area contributed by atoms with Gasteiger partial charge in [-0.2, -0.15) is 3.97 Å². The molecule has 0 saturated carbocycles. The van der Waals surface area contributed by atoms with E-state index in [2.05, 4.69) is 4.98 Å². The molecule has 0 fully saturated rings. The van der Waals surface area contributed by atoms with Gasteiger partial charge in [-0.05, 0) is 48.9 Å². The van der Waals surface area contributed by atoms with E-state index in [-0.39, 0.29) is 10.4 Å². The maximum absolute atomic E-state index is 12.7. The first-order valence-corrected chi connectivity index (χ1v) is 8.14. The Balaban J connectivity index is 2.34. The first-order chi connectivity index (χ1) is 10.3. The summed E-state index contributed by atoms with van der Waals surface area (Å²) < 4.78 is 26.1. The second-order valence-corrected chi connectivity index (χ2v) is 7.10. The van der Waals surface area contributed by atoms with Crippen LogP contribution in [-0.2, 0) is 10.0 Å². The molecule has 2 aromatic carbocycles. The predicted octanol–water partition coefficient (Wildman–Crippen LogP) is 2.11. The Hall–Kier alpha value is -2.25. The number of nitrogens with one attached hydrogen (secondary N) is 1. The van der Waals surface area contributed by atoms with Gasteiger partial charge >= 0.3 is 5.69 Å². The number of fused-ring (bicyclic) bond motifs is 1. The van der Waals surface area contributed by atoms with Crippen LogP contribution in [0.25, 0.3) is 11.0 Å². The number of nitrogen functional groups attached to an aromatic ring is 1. The molecule has 3 N–H and O–H groups in total. The molecule has 8 heteroatoms. The summed E-state index contributed by atoms with van der Waals surface area (Å²) >= 11 is 5.77. The van der Waals surface area contributed by atoms with Gasteiger partial charge in [0.05, 0.1) is 15.9 Å². The van der Waals surface area contributed by atoms with Crippen LogP contribution in [0.1, 0.15) is 5.56 Å². The van der Waals surface area contributed by atoms with E-state index >= 15 is 0 Å². The highest BCUT2D eigenvalue weighted by molar-refractivity contribution is 7.90. The largest absolute Gasteiger partial charge is 0.398 e. The van der Waals surface area contributed by atoms with Crippen molar-refractivity contribution >= 4 is 38.3 Å². The Morgan fingerprint density at radius 2 is 1.82 bits per heavy atom. The fourth-order valence-electron chi connectivity index (χ4n) is 2.20. The number of hydrogen-bond donors (Lipinski definition) is 2. The van der Waals surface area contributed by atoms with Crippen LogP contribution >= 0.6 is 11.6 Å². The molecule has 0 spiro atoms. The van der Waals surface area contributed by atoms with Crippen molar-refractivity contribution < 1.29 is 8.42 Å². The van der Waals surface area contributed by atoms with E-state index in [1.165, 1.54) is 24.3 Å². The van der Waals surface area contributed by atoms with Crippen LogP contribution in [0.2, 0.25) is 5.02 Å². The summed E-state index contributed by atoms with van der Waals surface area (Å²) in [7, 11) is -4.03. The summed E-state index contributed by atoms with van der Waals surface area (Å²) in [6.07, 6.45) is 0. The van der Waals surface area contributed by atoms with E-state index in [0.717, 1.165) is 3.97 Å². The normalized spacial score (nSPS) is 11.9. The van der Waals surface area contributed by atoms with Crippen molar-refractivity contribution in [3.63, 3.8) is 0 Å². The van der Waals surface area contributed by atoms with Crippen molar-refractivity contribution in [1.82, 2.24) is 8.96 Å². The van der Waals surface area contributed by atoms with Crippen LogP contribution in [0.15, 0.2) is 46.1 Å². The summed E-state index contributed by atoms with van der Waals surface area (Å²) in [5.41, 5.74) is 6.83. The zero-order valence-corrected chi connectivity index (χ0v) is 13.1. The molecule has 114 valence electrons. The second-order valence-electron chi connectivity index (χ2n) is 4.88. The van der Waals surface area contributed by atoms with Gasteiger partial charge < -0.3 is 10.7 Å². The van der Waals surface area contributed by atoms with Crippen molar-refractivity contribution in [1.29, 1.82) is 0 Å². The van der Waals surface area contributed by atoms with E-state index in [1.807, 2.05) is 0 Å². The highest BCUT2D eigenvalue weighted by Crippen LogP contribution is 2.23. The number of rotatable bonds is 2. The Morgan fingerprint density at radius 1 is 1.18 bits per heavy atom. The average molecular weight is 338 g/mol. The fourth-order valence-corrected chi connectivity index (χ4v) is 3.69. The molecule has 3 aromatic rings. The van der Waals surface area contributed by atoms with Gasteiger partial charge in [0.15, 0.2) is 0 Å². The van der Waals surface area contributed by atoms with Gasteiger partial charge in [-0.15, -0.1) is 0 Å². The topological polar surface area (TPSA) is 97.9 Å². The van der Waals surface area contributed by atoms with Crippen molar-refractivity contribution in [3.05, 3.63) is 57.5 Å². The van der Waals surface area contributed by atoms with Crippen LogP contribution in [0.5, 0.6) is 0 Å². The smallest absolute Gasteiger partial charge is 0.340 e. The van der Waals surface area contributed by atoms with Crippen molar-refractivity contribution in [2.24, 2.45) is 0 Å². The minimum Gasteiger partial charge on any atom is -0.398 e. The van der Waals surface area contributed by atoms with Gasteiger partial charge in [0.25, 0.3) is 10.0 Å². The van der Waals surface area contributed by atoms with E-state index in [0.29, 0.717) is 21.8 Å². The number of aromatic nitrogens is 2. The molecule has 22 heavy (non-hydrogen) atoms. The van der Waals surface area contributed by atoms with E-state index in [4.69, 9.17) is 17.3 Å². The Kier molecular flexibility index (Phi) is 3.26. The molecular weight excluding hydrogens is 326 g/mol. The number of imidazole rings is 1. The zero-order valence-electron chi connectivity index (χ0n) is 11.5. The highest BCUT2D eigenvalue weighted by Gasteiger charge is 2.23. The fraction of sp³-hybridized carbons (Fsp3) is 0.0714. The summed E-state index contributed by atoms with van der Waals surface area (Å²) in [6.45, 7) is 1.74. The molecule has 0 bridgehead atoms. The number of nitrogens with zero attached hydrogens (tertiary/aromatic N) is 1. The predicted molar refractivity (Wildman–Crippen MR) is 85.7 cm³/mol. The molecule has 0 unspecified atom stereocenters. The van der Waals surface area contributed by atoms with Gasteiger partial charge in [-0.25, -0.2) is 13.2 Å². The summed E-state index contributed by atoms with van der Waals surface area (Å²) in [5, 5.41) is 0.411. The minimum atomic E-state index is -4.03. The molecule has 0 aliphatic carbocycles. The molecule has 3 rings (SSSR count). The van der Waals surface area contributed by atoms with E-state index in [1.54, 1.807) is 19.1 Å². The third-order valence-corrected chi connectivity index (χ3v) is 5.34. The Morgan fingerprint density at radius 3 is 2.45 bits per heavy atom. The van der Waals surface area contributed by atoms with Gasteiger partial charge in [0, 0.05) is 10.7 Å². The molecule has 0 aliphatic rings. The lowest BCUT2D eigenvalue weighted by atomic mass is 10.2. The number of aryl methyl sites for hydroxylation is 1. The summed E-state index contributed by atoms with van der Waals surface area (Å²) in [6, 6.07) is 8.73. The third-order valence-electron chi connectivity index (χ3n) is 3.38. The van der Waals surface area contributed by atoms with Crippen molar-refractivity contribution in [2.45, 2.75) is 11.8 Å². The minimum absolute atomic E-state index is 0.0191. The highest BCUT2D eigenvalue weighted by atomic mass is 35.5. The number of benzene rings is 2. The quantitative estimate of drug-likeness (QED) is 0.700. The molecule has 0 aliphatic heterocycles. The Labute approximate surface area is 131 Å². The van der Waals surface area contributed by atoms with Crippen LogP contribution in [0, 0.1) is 6.92 Å². The maximum Gasteiger partial charge on any atom is 0.340 e. The molecule has 0 amide bonds. The monoisotopic (exact) mass is 337 g/mol. The van der Waals surface area contributed by atoms with Gasteiger partial charge in [-0.3, -0.25) is 0 Å². The zero-order chi connectivity index (χ0) is 16.1. The van der Waals surface area contributed by atoms with Crippen molar-refractivity contribution in [3.8, 4) is 0 Å². The maximum atomic E-state index is 12.7. The van der Waals surface area contributed by atoms with Crippen LogP contribution in [-0.4, -0.2) is 17.4 Å². The SMILES string of the molecule is Cc1cc2c(cc1N)[nH]c(=O)n2S(=O)(=O)c1ccc(Cl)cc1. The third kappa shape index (κ3) is 2.18. The first kappa shape index (κ1) is 14.7. The number of hydrogen-bond acceptors (Lipinski definition) is 4. The average Bonchev–Trinajstić information content (AvgIpc) is 2.75. The van der Waals surface area contributed by atoms with Gasteiger partial charge in [-0.1, -0.05) is 11.6 Å². The lowest BCUT2D eigenvalue weighted by Crippen LogP contribution is -2.25. The summed E-state index contributed by atoms with van der Waals surface area (Å²) in [4.78, 5) is 14.6. The number of nitrogens with two attached hydrogens (primary N) is 1. The Bertz CT molecular complexity index is 1030. The number of halogens is 1. The van der Waals surface area contributed by atoms with Gasteiger partial charge in [0.1, 0.15) is 0 Å². The lowest BCUT2D eigenvalue weighted by molar-refractivity contribution is 0.587. The molecule has 6 nitrogen and oxygen atoms in total. The van der Waals surface area contributed by atoms with Crippen molar-refractivity contribution in [2.75, 3.05) is 5.73 Å². The number of anilines is 1. The van der Waals surface area contributed by atoms with Crippen LogP contribution in [0.3, 0.4) is 0 Å².